The lowest BCUT2D eigenvalue weighted by molar-refractivity contribution is 0.0978. The van der Waals surface area contributed by atoms with Crippen LogP contribution < -0.4 is 4.67 Å². The molecule has 1 unspecified atom stereocenters. The molecule has 0 spiro atoms. The molecule has 0 amide bonds. The Balaban J connectivity index is 1.69. The molecule has 2 aromatic rings. The van der Waals surface area contributed by atoms with Gasteiger partial charge in [0.15, 0.2) is 5.78 Å². The van der Waals surface area contributed by atoms with Crippen LogP contribution in [0, 0.1) is 0 Å². The lowest BCUT2D eigenvalue weighted by atomic mass is 10.1. The standard InChI is InChI=1S/C14H17N4OP/c19-13(12-8-15-9-16-12)6-5-11-4-3-10-2-1-7-18(20)14(10)17-11/h3-4,8-9H,1-2,5-7,20H2,(H,15,16). The number of aryl methyl sites for hydroxylation is 2. The summed E-state index contributed by atoms with van der Waals surface area (Å²) < 4.78 is 2.11. The highest BCUT2D eigenvalue weighted by atomic mass is 31.0. The molecular weight excluding hydrogens is 271 g/mol. The molecule has 0 saturated carbocycles. The van der Waals surface area contributed by atoms with E-state index in [0.717, 1.165) is 30.9 Å². The van der Waals surface area contributed by atoms with Crippen molar-refractivity contribution in [1.29, 1.82) is 0 Å². The van der Waals surface area contributed by atoms with Gasteiger partial charge in [-0.3, -0.25) is 4.79 Å². The molecule has 2 aromatic heterocycles. The lowest BCUT2D eigenvalue weighted by Gasteiger charge is -2.26. The summed E-state index contributed by atoms with van der Waals surface area (Å²) in [6.45, 7) is 1.02. The zero-order chi connectivity index (χ0) is 13.9. The number of aromatic amines is 1. The Hall–Kier alpha value is -1.74. The molecule has 20 heavy (non-hydrogen) atoms. The second-order valence-electron chi connectivity index (χ2n) is 4.97. The quantitative estimate of drug-likeness (QED) is 0.692. The molecule has 3 rings (SSSR count). The third kappa shape index (κ3) is 2.73. The van der Waals surface area contributed by atoms with Crippen LogP contribution in [0.1, 0.15) is 34.6 Å². The van der Waals surface area contributed by atoms with Gasteiger partial charge in [-0.2, -0.15) is 0 Å². The number of aromatic nitrogens is 3. The number of nitrogens with zero attached hydrogens (tertiary/aromatic N) is 3. The van der Waals surface area contributed by atoms with E-state index in [1.807, 2.05) is 6.07 Å². The van der Waals surface area contributed by atoms with Crippen molar-refractivity contribution in [1.82, 2.24) is 15.0 Å². The number of fused-ring (bicyclic) bond motifs is 1. The summed E-state index contributed by atoms with van der Waals surface area (Å²) >= 11 is 0. The number of pyridine rings is 1. The van der Waals surface area contributed by atoms with E-state index < -0.39 is 0 Å². The van der Waals surface area contributed by atoms with Gasteiger partial charge in [0.1, 0.15) is 11.5 Å². The highest BCUT2D eigenvalue weighted by molar-refractivity contribution is 7.19. The fourth-order valence-electron chi connectivity index (χ4n) is 2.43. The number of imidazole rings is 1. The number of hydrogen-bond donors (Lipinski definition) is 1. The number of carbonyl (C=O) groups excluding carboxylic acids is 1. The Morgan fingerprint density at radius 3 is 3.15 bits per heavy atom. The average molecular weight is 288 g/mol. The largest absolute Gasteiger partial charge is 0.342 e. The smallest absolute Gasteiger partial charge is 0.181 e. The van der Waals surface area contributed by atoms with Crippen LogP contribution >= 0.6 is 9.39 Å². The first kappa shape index (κ1) is 13.3. The van der Waals surface area contributed by atoms with Crippen molar-refractivity contribution in [3.05, 3.63) is 41.6 Å². The van der Waals surface area contributed by atoms with Gasteiger partial charge >= 0.3 is 0 Å². The summed E-state index contributed by atoms with van der Waals surface area (Å²) in [5, 5.41) is 0. The van der Waals surface area contributed by atoms with E-state index in [-0.39, 0.29) is 5.78 Å². The van der Waals surface area contributed by atoms with Crippen LogP contribution in [-0.2, 0) is 12.8 Å². The van der Waals surface area contributed by atoms with E-state index in [1.54, 1.807) is 6.20 Å². The van der Waals surface area contributed by atoms with Gasteiger partial charge in [-0.25, -0.2) is 9.97 Å². The molecule has 0 saturated heterocycles. The number of nitrogens with one attached hydrogen (secondary N) is 1. The van der Waals surface area contributed by atoms with E-state index in [4.69, 9.17) is 0 Å². The van der Waals surface area contributed by atoms with Crippen molar-refractivity contribution in [2.75, 3.05) is 11.2 Å². The van der Waals surface area contributed by atoms with Crippen LogP contribution in [0.3, 0.4) is 0 Å². The minimum absolute atomic E-state index is 0.0738. The summed E-state index contributed by atoms with van der Waals surface area (Å²) in [4.78, 5) is 23.3. The summed E-state index contributed by atoms with van der Waals surface area (Å²) in [5.41, 5.74) is 2.82. The zero-order valence-corrected chi connectivity index (χ0v) is 12.3. The van der Waals surface area contributed by atoms with E-state index in [9.17, 15) is 4.79 Å². The van der Waals surface area contributed by atoms with Crippen LogP contribution in [0.4, 0.5) is 5.82 Å². The van der Waals surface area contributed by atoms with Gasteiger partial charge in [0.2, 0.25) is 0 Å². The monoisotopic (exact) mass is 288 g/mol. The number of carbonyl (C=O) groups is 1. The van der Waals surface area contributed by atoms with Crippen molar-refractivity contribution >= 4 is 21.0 Å². The van der Waals surface area contributed by atoms with Crippen molar-refractivity contribution in [2.45, 2.75) is 25.7 Å². The predicted octanol–water partition coefficient (Wildman–Crippen LogP) is 2.16. The van der Waals surface area contributed by atoms with Crippen molar-refractivity contribution in [3.8, 4) is 0 Å². The normalized spacial score (nSPS) is 14.2. The number of Topliss-reactive ketones (excluding diaryl/α,β-unsaturated/α-hetero) is 1. The zero-order valence-electron chi connectivity index (χ0n) is 11.2. The second-order valence-corrected chi connectivity index (χ2v) is 5.59. The van der Waals surface area contributed by atoms with Gasteiger partial charge < -0.3 is 9.65 Å². The van der Waals surface area contributed by atoms with Crippen molar-refractivity contribution < 1.29 is 4.79 Å². The maximum Gasteiger partial charge on any atom is 0.181 e. The summed E-state index contributed by atoms with van der Waals surface area (Å²) in [5.74, 6) is 1.11. The molecule has 0 radical (unpaired) electrons. The molecule has 1 N–H and O–H groups in total. The molecule has 3 heterocycles. The fourth-order valence-corrected chi connectivity index (χ4v) is 2.84. The van der Waals surface area contributed by atoms with E-state index >= 15 is 0 Å². The van der Waals surface area contributed by atoms with Crippen LogP contribution in [0.2, 0.25) is 0 Å². The Kier molecular flexibility index (Phi) is 3.79. The first-order chi connectivity index (χ1) is 9.74. The van der Waals surface area contributed by atoms with Crippen molar-refractivity contribution in [3.63, 3.8) is 0 Å². The highest BCUT2D eigenvalue weighted by Gasteiger charge is 2.16. The number of rotatable bonds is 4. The number of H-pyrrole nitrogens is 1. The van der Waals surface area contributed by atoms with Crippen LogP contribution in [0.15, 0.2) is 24.7 Å². The highest BCUT2D eigenvalue weighted by Crippen LogP contribution is 2.27. The molecule has 1 atom stereocenters. The van der Waals surface area contributed by atoms with E-state index in [2.05, 4.69) is 35.1 Å². The minimum Gasteiger partial charge on any atom is -0.342 e. The van der Waals surface area contributed by atoms with Crippen molar-refractivity contribution in [2.24, 2.45) is 0 Å². The molecule has 0 aromatic carbocycles. The van der Waals surface area contributed by atoms with Gasteiger partial charge in [0, 0.05) is 18.7 Å². The third-order valence-electron chi connectivity index (χ3n) is 3.54. The molecule has 0 fully saturated rings. The Morgan fingerprint density at radius 2 is 2.35 bits per heavy atom. The van der Waals surface area contributed by atoms with E-state index in [1.165, 1.54) is 11.9 Å². The molecule has 0 aliphatic carbocycles. The predicted molar refractivity (Wildman–Crippen MR) is 80.9 cm³/mol. The van der Waals surface area contributed by atoms with Crippen LogP contribution in [-0.4, -0.2) is 27.3 Å². The molecule has 104 valence electrons. The number of anilines is 1. The second kappa shape index (κ2) is 5.71. The summed E-state index contributed by atoms with van der Waals surface area (Å²) in [7, 11) is 2.72. The SMILES string of the molecule is O=C(CCc1ccc2c(n1)N(P)CCC2)c1cnc[nH]1. The first-order valence-electron chi connectivity index (χ1n) is 6.76. The third-order valence-corrected chi connectivity index (χ3v) is 4.04. The van der Waals surface area contributed by atoms with E-state index in [0.29, 0.717) is 18.5 Å². The average Bonchev–Trinajstić information content (AvgIpc) is 3.00. The lowest BCUT2D eigenvalue weighted by Crippen LogP contribution is -2.20. The maximum absolute atomic E-state index is 11.9. The fraction of sp³-hybridized carbons (Fsp3) is 0.357. The maximum atomic E-state index is 11.9. The molecular formula is C14H17N4OP. The van der Waals surface area contributed by atoms with Gasteiger partial charge in [-0.1, -0.05) is 6.07 Å². The Bertz CT molecular complexity index is 612. The molecule has 5 nitrogen and oxygen atoms in total. The van der Waals surface area contributed by atoms with Gasteiger partial charge in [-0.15, -0.1) is 0 Å². The summed E-state index contributed by atoms with van der Waals surface area (Å²) in [6, 6.07) is 4.16. The molecule has 1 aliphatic rings. The number of ketones is 1. The first-order valence-corrected chi connectivity index (χ1v) is 7.28. The molecule has 1 aliphatic heterocycles. The topological polar surface area (TPSA) is 61.9 Å². The number of hydrogen-bond acceptors (Lipinski definition) is 4. The van der Waals surface area contributed by atoms with Gasteiger partial charge in [0.05, 0.1) is 12.5 Å². The van der Waals surface area contributed by atoms with Gasteiger partial charge in [0.25, 0.3) is 0 Å². The minimum atomic E-state index is 0.0738. The van der Waals surface area contributed by atoms with Crippen LogP contribution in [0.5, 0.6) is 0 Å². The molecule has 0 bridgehead atoms. The Morgan fingerprint density at radius 1 is 1.45 bits per heavy atom. The van der Waals surface area contributed by atoms with Crippen LogP contribution in [0.25, 0.3) is 0 Å². The van der Waals surface area contributed by atoms with Gasteiger partial charge in [-0.05, 0) is 40.3 Å². The molecule has 6 heteroatoms. The Labute approximate surface area is 120 Å². The summed E-state index contributed by atoms with van der Waals surface area (Å²) in [6.07, 6.45) is 6.44.